The van der Waals surface area contributed by atoms with E-state index in [1.54, 1.807) is 7.11 Å². The van der Waals surface area contributed by atoms with E-state index in [0.717, 1.165) is 37.9 Å². The van der Waals surface area contributed by atoms with Crippen LogP contribution in [0.5, 0.6) is 0 Å². The Morgan fingerprint density at radius 3 is 2.84 bits per heavy atom. The molecule has 1 saturated carbocycles. The maximum absolute atomic E-state index is 12.0. The second-order valence-electron chi connectivity index (χ2n) is 7.27. The Morgan fingerprint density at radius 2 is 2.12 bits per heavy atom. The molecule has 4 nitrogen and oxygen atoms in total. The molecular weight excluding hydrogens is 316 g/mol. The van der Waals surface area contributed by atoms with Crippen molar-refractivity contribution in [1.82, 2.24) is 0 Å². The summed E-state index contributed by atoms with van der Waals surface area (Å²) in [6, 6.07) is 0. The van der Waals surface area contributed by atoms with E-state index >= 15 is 0 Å². The molecule has 0 amide bonds. The molecule has 0 bridgehead atoms. The molecule has 0 N–H and O–H groups in total. The number of carbonyl (C=O) groups is 2. The van der Waals surface area contributed by atoms with Gasteiger partial charge in [0, 0.05) is 25.2 Å². The Bertz CT molecular complexity index is 625. The minimum absolute atomic E-state index is 0.0150. The van der Waals surface area contributed by atoms with Crippen LogP contribution >= 0.6 is 0 Å². The molecule has 4 heteroatoms. The normalized spacial score (nSPS) is 29.6. The van der Waals surface area contributed by atoms with Crippen molar-refractivity contribution < 1.29 is 19.1 Å². The summed E-state index contributed by atoms with van der Waals surface area (Å²) in [6.07, 6.45) is 12.8. The van der Waals surface area contributed by atoms with Crippen LogP contribution in [0.1, 0.15) is 57.8 Å². The number of esters is 1. The summed E-state index contributed by atoms with van der Waals surface area (Å²) in [5.41, 5.74) is -0.613. The van der Waals surface area contributed by atoms with Crippen LogP contribution in [0.25, 0.3) is 0 Å². The first-order valence-corrected chi connectivity index (χ1v) is 9.24. The quantitative estimate of drug-likeness (QED) is 0.444. The summed E-state index contributed by atoms with van der Waals surface area (Å²) in [5, 5.41) is 0. The highest BCUT2D eigenvalue weighted by Crippen LogP contribution is 2.43. The molecule has 0 spiro atoms. The molecule has 134 valence electrons. The van der Waals surface area contributed by atoms with E-state index in [0.29, 0.717) is 25.2 Å². The molecule has 2 fully saturated rings. The smallest absolute Gasteiger partial charge is 0.313 e. The number of allylic oxidation sites excluding steroid dienone is 4. The molecule has 2 atom stereocenters. The number of carbonyl (C=O) groups excluding carboxylic acids is 2. The second-order valence-corrected chi connectivity index (χ2v) is 7.27. The number of rotatable bonds is 4. The first-order chi connectivity index (χ1) is 12.1. The van der Waals surface area contributed by atoms with Gasteiger partial charge in [-0.2, -0.15) is 0 Å². The van der Waals surface area contributed by atoms with Crippen LogP contribution in [-0.4, -0.2) is 24.5 Å². The molecule has 3 rings (SSSR count). The van der Waals surface area contributed by atoms with E-state index in [1.807, 2.05) is 12.2 Å². The number of Topliss-reactive ketones (excluding diaryl/α,β-unsaturated/α-hetero) is 1. The van der Waals surface area contributed by atoms with Gasteiger partial charge in [0.15, 0.2) is 0 Å². The molecule has 0 radical (unpaired) electrons. The van der Waals surface area contributed by atoms with Gasteiger partial charge < -0.3 is 9.47 Å². The lowest BCUT2D eigenvalue weighted by atomic mass is 9.76. The third-order valence-electron chi connectivity index (χ3n) is 5.52. The summed E-state index contributed by atoms with van der Waals surface area (Å²) in [5.74, 6) is 7.58. The summed E-state index contributed by atoms with van der Waals surface area (Å²) in [4.78, 5) is 23.9. The summed E-state index contributed by atoms with van der Waals surface area (Å²) in [6.45, 7) is 0. The third-order valence-corrected chi connectivity index (χ3v) is 5.52. The Balaban J connectivity index is 1.63. The highest BCUT2D eigenvalue weighted by Gasteiger charge is 2.47. The van der Waals surface area contributed by atoms with Crippen molar-refractivity contribution in [3.05, 3.63) is 24.0 Å². The van der Waals surface area contributed by atoms with Gasteiger partial charge in [-0.1, -0.05) is 30.9 Å². The molecule has 1 heterocycles. The van der Waals surface area contributed by atoms with Crippen molar-refractivity contribution >= 4 is 11.8 Å². The SMILES string of the molecule is COC1=CC=CC(C#CCCC2(C3CCCC3)CC(=O)CC(=O)O2)C1. The molecule has 2 aliphatic carbocycles. The predicted octanol–water partition coefficient (Wildman–Crippen LogP) is 3.71. The largest absolute Gasteiger partial charge is 0.501 e. The van der Waals surface area contributed by atoms with Gasteiger partial charge in [0.2, 0.25) is 0 Å². The Kier molecular flexibility index (Phi) is 5.63. The predicted molar refractivity (Wildman–Crippen MR) is 94.4 cm³/mol. The summed E-state index contributed by atoms with van der Waals surface area (Å²) in [7, 11) is 1.68. The average molecular weight is 342 g/mol. The molecule has 0 aromatic heterocycles. The zero-order valence-corrected chi connectivity index (χ0v) is 14.9. The maximum atomic E-state index is 12.0. The number of hydrogen-bond donors (Lipinski definition) is 0. The fourth-order valence-corrected chi connectivity index (χ4v) is 4.26. The fraction of sp³-hybridized carbons (Fsp3) is 0.619. The minimum atomic E-state index is -0.613. The molecule has 0 aromatic rings. The van der Waals surface area contributed by atoms with Gasteiger partial charge in [0.05, 0.1) is 12.9 Å². The van der Waals surface area contributed by atoms with Crippen LogP contribution in [0.2, 0.25) is 0 Å². The monoisotopic (exact) mass is 342 g/mol. The number of cyclic esters (lactones) is 1. The van der Waals surface area contributed by atoms with Crippen LogP contribution in [0, 0.1) is 23.7 Å². The van der Waals surface area contributed by atoms with Gasteiger partial charge in [-0.25, -0.2) is 0 Å². The van der Waals surface area contributed by atoms with E-state index in [1.165, 1.54) is 0 Å². The molecule has 2 unspecified atom stereocenters. The van der Waals surface area contributed by atoms with Crippen LogP contribution in [-0.2, 0) is 19.1 Å². The van der Waals surface area contributed by atoms with E-state index in [-0.39, 0.29) is 24.1 Å². The van der Waals surface area contributed by atoms with Crippen molar-refractivity contribution in [2.75, 3.05) is 7.11 Å². The van der Waals surface area contributed by atoms with Crippen LogP contribution in [0.3, 0.4) is 0 Å². The number of ketones is 1. The standard InChI is InChI=1S/C21H26O4/c1-24-19-11-6-8-16(13-19)7-4-5-12-21(17-9-2-3-10-17)15-18(22)14-20(23)25-21/h6,8,11,16-17H,2-3,5,9-10,12-15H2,1H3. The molecule has 1 aliphatic heterocycles. The van der Waals surface area contributed by atoms with Crippen molar-refractivity contribution in [2.24, 2.45) is 11.8 Å². The first kappa shape index (κ1) is 17.8. The van der Waals surface area contributed by atoms with Crippen molar-refractivity contribution in [2.45, 2.75) is 63.4 Å². The zero-order chi connectivity index (χ0) is 17.7. The number of hydrogen-bond acceptors (Lipinski definition) is 4. The van der Waals surface area contributed by atoms with Gasteiger partial charge in [-0.05, 0) is 31.3 Å². The molecule has 0 aromatic carbocycles. The van der Waals surface area contributed by atoms with Gasteiger partial charge in [0.25, 0.3) is 0 Å². The van der Waals surface area contributed by atoms with E-state index < -0.39 is 5.60 Å². The second kappa shape index (κ2) is 7.91. The highest BCUT2D eigenvalue weighted by atomic mass is 16.6. The third kappa shape index (κ3) is 4.34. The lowest BCUT2D eigenvalue weighted by Gasteiger charge is -2.40. The van der Waals surface area contributed by atoms with Crippen LogP contribution in [0.4, 0.5) is 0 Å². The van der Waals surface area contributed by atoms with Crippen molar-refractivity contribution in [3.63, 3.8) is 0 Å². The molecular formula is C21H26O4. The molecule has 3 aliphatic rings. The fourth-order valence-electron chi connectivity index (χ4n) is 4.26. The molecule has 1 saturated heterocycles. The maximum Gasteiger partial charge on any atom is 0.313 e. The van der Waals surface area contributed by atoms with E-state index in [4.69, 9.17) is 9.47 Å². The van der Waals surface area contributed by atoms with Crippen molar-refractivity contribution in [3.8, 4) is 11.8 Å². The lowest BCUT2D eigenvalue weighted by Crippen LogP contribution is -2.47. The molecule has 25 heavy (non-hydrogen) atoms. The van der Waals surface area contributed by atoms with Gasteiger partial charge in [-0.3, -0.25) is 9.59 Å². The Morgan fingerprint density at radius 1 is 1.32 bits per heavy atom. The Labute approximate surface area is 149 Å². The van der Waals surface area contributed by atoms with Gasteiger partial charge in [0.1, 0.15) is 17.8 Å². The van der Waals surface area contributed by atoms with E-state index in [2.05, 4.69) is 17.9 Å². The highest BCUT2D eigenvalue weighted by molar-refractivity contribution is 5.98. The topological polar surface area (TPSA) is 52.6 Å². The van der Waals surface area contributed by atoms with Crippen molar-refractivity contribution in [1.29, 1.82) is 0 Å². The minimum Gasteiger partial charge on any atom is -0.501 e. The number of ether oxygens (including phenoxy) is 2. The number of methoxy groups -OCH3 is 1. The summed E-state index contributed by atoms with van der Waals surface area (Å²) >= 11 is 0. The van der Waals surface area contributed by atoms with Gasteiger partial charge in [-0.15, -0.1) is 5.92 Å². The Hall–Kier alpha value is -2.02. The summed E-state index contributed by atoms with van der Waals surface area (Å²) < 4.78 is 11.1. The first-order valence-electron chi connectivity index (χ1n) is 9.24. The zero-order valence-electron chi connectivity index (χ0n) is 14.9. The van der Waals surface area contributed by atoms with Crippen LogP contribution < -0.4 is 0 Å². The van der Waals surface area contributed by atoms with Gasteiger partial charge >= 0.3 is 5.97 Å². The van der Waals surface area contributed by atoms with E-state index in [9.17, 15) is 9.59 Å². The lowest BCUT2D eigenvalue weighted by molar-refractivity contribution is -0.178. The average Bonchev–Trinajstić information content (AvgIpc) is 3.13. The van der Waals surface area contributed by atoms with Crippen LogP contribution in [0.15, 0.2) is 24.0 Å².